The first-order valence-electron chi connectivity index (χ1n) is 7.39. The number of hydrogen-bond donors (Lipinski definition) is 0. The largest absolute Gasteiger partial charge is 0.188 e. The van der Waals surface area contributed by atoms with Crippen molar-refractivity contribution in [2.45, 2.75) is 0 Å². The molecule has 2 nitrogen and oxygen atoms in total. The van der Waals surface area contributed by atoms with Gasteiger partial charge in [-0.1, -0.05) is 53.8 Å². The predicted molar refractivity (Wildman–Crippen MR) is 99.5 cm³/mol. The van der Waals surface area contributed by atoms with E-state index in [4.69, 9.17) is 11.6 Å². The molecular formula is C21H13ClN2. The van der Waals surface area contributed by atoms with Crippen LogP contribution < -0.4 is 0 Å². The Labute approximate surface area is 146 Å². The van der Waals surface area contributed by atoms with Gasteiger partial charge in [0.05, 0.1) is 16.9 Å². The number of halogens is 1. The van der Waals surface area contributed by atoms with Gasteiger partial charge < -0.3 is 0 Å². The summed E-state index contributed by atoms with van der Waals surface area (Å²) in [6.45, 7) is 0. The number of aliphatic imine (C=N–C) groups is 2. The highest BCUT2D eigenvalue weighted by Gasteiger charge is 1.95. The van der Waals surface area contributed by atoms with Gasteiger partial charge in [-0.05, 0) is 48.5 Å². The van der Waals surface area contributed by atoms with Gasteiger partial charge in [-0.3, -0.25) is 0 Å². The Morgan fingerprint density at radius 1 is 0.667 bits per heavy atom. The van der Waals surface area contributed by atoms with Crippen molar-refractivity contribution in [3.05, 3.63) is 95.0 Å². The predicted octanol–water partition coefficient (Wildman–Crippen LogP) is 5.88. The number of rotatable bonds is 2. The molecule has 0 N–H and O–H groups in total. The molecule has 0 aliphatic heterocycles. The molecule has 0 saturated carbocycles. The van der Waals surface area contributed by atoms with E-state index in [-0.39, 0.29) is 0 Å². The Morgan fingerprint density at radius 2 is 1.38 bits per heavy atom. The first-order valence-corrected chi connectivity index (χ1v) is 7.77. The van der Waals surface area contributed by atoms with Gasteiger partial charge in [0.1, 0.15) is 6.01 Å². The summed E-state index contributed by atoms with van der Waals surface area (Å²) in [5.41, 5.74) is 3.28. The summed E-state index contributed by atoms with van der Waals surface area (Å²) < 4.78 is 0. The van der Waals surface area contributed by atoms with Gasteiger partial charge in [-0.25, -0.2) is 0 Å². The third-order valence-electron chi connectivity index (χ3n) is 3.20. The summed E-state index contributed by atoms with van der Waals surface area (Å²) in [6, 6.07) is 27.4. The first kappa shape index (κ1) is 15.8. The van der Waals surface area contributed by atoms with E-state index in [0.717, 1.165) is 22.5 Å². The molecule has 0 amide bonds. The highest BCUT2D eigenvalue weighted by molar-refractivity contribution is 6.30. The Morgan fingerprint density at radius 3 is 2.17 bits per heavy atom. The minimum atomic E-state index is 0.674. The van der Waals surface area contributed by atoms with Crippen molar-refractivity contribution in [2.75, 3.05) is 0 Å². The number of hydrogen-bond acceptors (Lipinski definition) is 2. The molecule has 114 valence electrons. The van der Waals surface area contributed by atoms with Crippen molar-refractivity contribution < 1.29 is 0 Å². The molecule has 0 aliphatic rings. The van der Waals surface area contributed by atoms with E-state index in [2.05, 4.69) is 27.8 Å². The number of nitrogens with zero attached hydrogens (tertiary/aromatic N) is 2. The van der Waals surface area contributed by atoms with E-state index in [0.29, 0.717) is 5.02 Å². The molecular weight excluding hydrogens is 316 g/mol. The molecule has 0 heterocycles. The first-order chi connectivity index (χ1) is 11.8. The van der Waals surface area contributed by atoms with Crippen molar-refractivity contribution >= 4 is 29.0 Å². The summed E-state index contributed by atoms with van der Waals surface area (Å²) in [5.74, 6) is 6.28. The van der Waals surface area contributed by atoms with Gasteiger partial charge in [0.25, 0.3) is 0 Å². The fourth-order valence-corrected chi connectivity index (χ4v) is 2.12. The molecule has 3 heteroatoms. The second kappa shape index (κ2) is 7.94. The molecule has 3 rings (SSSR count). The van der Waals surface area contributed by atoms with Crippen LogP contribution >= 0.6 is 11.6 Å². The molecule has 0 unspecified atom stereocenters. The minimum Gasteiger partial charge on any atom is -0.188 e. The van der Waals surface area contributed by atoms with Gasteiger partial charge in [-0.2, -0.15) is 9.98 Å². The van der Waals surface area contributed by atoms with Crippen molar-refractivity contribution in [2.24, 2.45) is 9.98 Å². The molecule has 3 aromatic rings. The lowest BCUT2D eigenvalue weighted by Gasteiger charge is -1.95. The van der Waals surface area contributed by atoms with Crippen molar-refractivity contribution in [1.82, 2.24) is 0 Å². The second-order valence-electron chi connectivity index (χ2n) is 4.93. The Bertz CT molecular complexity index is 942. The molecule has 0 spiro atoms. The van der Waals surface area contributed by atoms with Crippen LogP contribution in [0.25, 0.3) is 0 Å². The van der Waals surface area contributed by atoms with Crippen LogP contribution in [0.2, 0.25) is 5.02 Å². The van der Waals surface area contributed by atoms with E-state index in [9.17, 15) is 0 Å². The minimum absolute atomic E-state index is 0.674. The molecule has 0 fully saturated rings. The molecule has 3 aromatic carbocycles. The third kappa shape index (κ3) is 4.44. The smallest absolute Gasteiger partial charge is 0.101 e. The Hall–Kier alpha value is -3.11. The highest BCUT2D eigenvalue weighted by atomic mass is 35.5. The van der Waals surface area contributed by atoms with E-state index in [1.807, 2.05) is 66.7 Å². The van der Waals surface area contributed by atoms with Crippen LogP contribution in [-0.4, -0.2) is 6.01 Å². The van der Waals surface area contributed by atoms with Crippen LogP contribution in [0.5, 0.6) is 0 Å². The lowest BCUT2D eigenvalue weighted by molar-refractivity contribution is 1.47. The maximum Gasteiger partial charge on any atom is 0.101 e. The second-order valence-corrected chi connectivity index (χ2v) is 5.37. The number of para-hydroxylation sites is 1. The SMILES string of the molecule is Clc1ccc(N=C=Nc2ccccc2C#Cc2ccccc2)cc1. The molecule has 0 aliphatic carbocycles. The molecule has 0 aromatic heterocycles. The van der Waals surface area contributed by atoms with E-state index in [1.165, 1.54) is 0 Å². The van der Waals surface area contributed by atoms with Crippen molar-refractivity contribution in [1.29, 1.82) is 0 Å². The van der Waals surface area contributed by atoms with Crippen LogP contribution in [0.4, 0.5) is 11.4 Å². The van der Waals surface area contributed by atoms with E-state index >= 15 is 0 Å². The van der Waals surface area contributed by atoms with Gasteiger partial charge in [0, 0.05) is 10.6 Å². The molecule has 0 radical (unpaired) electrons. The highest BCUT2D eigenvalue weighted by Crippen LogP contribution is 2.18. The van der Waals surface area contributed by atoms with E-state index < -0.39 is 0 Å². The normalized spacial score (nSPS) is 9.38. The van der Waals surface area contributed by atoms with Crippen molar-refractivity contribution in [3.63, 3.8) is 0 Å². The average molecular weight is 329 g/mol. The molecule has 0 atom stereocenters. The van der Waals surface area contributed by atoms with Crippen LogP contribution in [0.15, 0.2) is 88.8 Å². The van der Waals surface area contributed by atoms with Crippen LogP contribution in [-0.2, 0) is 0 Å². The van der Waals surface area contributed by atoms with Gasteiger partial charge in [0.15, 0.2) is 0 Å². The quantitative estimate of drug-likeness (QED) is 0.415. The Kier molecular flexibility index (Phi) is 5.22. The fraction of sp³-hybridized carbons (Fsp3) is 0. The number of benzene rings is 3. The molecule has 24 heavy (non-hydrogen) atoms. The van der Waals surface area contributed by atoms with Crippen LogP contribution in [0, 0.1) is 11.8 Å². The summed E-state index contributed by atoms with van der Waals surface area (Å²) in [4.78, 5) is 8.46. The van der Waals surface area contributed by atoms with Crippen LogP contribution in [0.3, 0.4) is 0 Å². The van der Waals surface area contributed by atoms with Crippen LogP contribution in [0.1, 0.15) is 11.1 Å². The third-order valence-corrected chi connectivity index (χ3v) is 3.45. The summed E-state index contributed by atoms with van der Waals surface area (Å²) in [6.07, 6.45) is 0. The molecule has 0 bridgehead atoms. The van der Waals surface area contributed by atoms with Gasteiger partial charge in [-0.15, -0.1) is 0 Å². The van der Waals surface area contributed by atoms with Gasteiger partial charge in [0.2, 0.25) is 0 Å². The lowest BCUT2D eigenvalue weighted by Crippen LogP contribution is -1.77. The zero-order valence-electron chi connectivity index (χ0n) is 12.8. The standard InChI is InChI=1S/C21H13ClN2/c22-19-12-14-20(15-13-19)23-16-24-21-9-5-4-8-18(21)11-10-17-6-2-1-3-7-17/h1-9,12-15H. The maximum atomic E-state index is 5.85. The monoisotopic (exact) mass is 328 g/mol. The summed E-state index contributed by atoms with van der Waals surface area (Å²) in [7, 11) is 0. The zero-order chi connectivity index (χ0) is 16.6. The maximum absolute atomic E-state index is 5.85. The van der Waals surface area contributed by atoms with E-state index in [1.54, 1.807) is 12.1 Å². The molecule has 0 saturated heterocycles. The summed E-state index contributed by atoms with van der Waals surface area (Å²) in [5, 5.41) is 0.674. The Balaban J connectivity index is 1.86. The fourth-order valence-electron chi connectivity index (χ4n) is 1.99. The summed E-state index contributed by atoms with van der Waals surface area (Å²) >= 11 is 5.85. The van der Waals surface area contributed by atoms with Crippen molar-refractivity contribution in [3.8, 4) is 11.8 Å². The van der Waals surface area contributed by atoms with Gasteiger partial charge >= 0.3 is 0 Å². The zero-order valence-corrected chi connectivity index (χ0v) is 13.5. The topological polar surface area (TPSA) is 24.7 Å². The lowest BCUT2D eigenvalue weighted by atomic mass is 10.1. The average Bonchev–Trinajstić information content (AvgIpc) is 2.63.